The van der Waals surface area contributed by atoms with Crippen molar-refractivity contribution >= 4 is 11.9 Å². The van der Waals surface area contributed by atoms with Gasteiger partial charge in [-0.25, -0.2) is 0 Å². The fourth-order valence-electron chi connectivity index (χ4n) is 3.20. The molecule has 1 saturated carbocycles. The Morgan fingerprint density at radius 1 is 1.32 bits per heavy atom. The van der Waals surface area contributed by atoms with Crippen LogP contribution in [0.15, 0.2) is 0 Å². The maximum absolute atomic E-state index is 12.1. The number of amides is 1. The van der Waals surface area contributed by atoms with Crippen LogP contribution in [-0.2, 0) is 14.3 Å². The molecule has 1 aliphatic heterocycles. The van der Waals surface area contributed by atoms with Gasteiger partial charge in [-0.1, -0.05) is 6.92 Å². The van der Waals surface area contributed by atoms with Crippen LogP contribution in [0.3, 0.4) is 0 Å². The molecule has 1 aliphatic carbocycles. The molecule has 108 valence electrons. The van der Waals surface area contributed by atoms with E-state index in [0.29, 0.717) is 37.8 Å². The molecule has 0 aromatic carbocycles. The highest BCUT2D eigenvalue weighted by Crippen LogP contribution is 2.36. The molecule has 2 fully saturated rings. The normalized spacial score (nSPS) is 35.0. The Bertz CT molecular complexity index is 338. The summed E-state index contributed by atoms with van der Waals surface area (Å²) in [4.78, 5) is 23.3. The van der Waals surface area contributed by atoms with Gasteiger partial charge in [0.25, 0.3) is 0 Å². The molecule has 1 amide bonds. The molecule has 2 aliphatic rings. The number of hydrogen-bond donors (Lipinski definition) is 2. The fraction of sp³-hybridized carbons (Fsp3) is 0.857. The SMILES string of the molecule is CC1CC(C(=O)O)C(C(=O)NCC2CCCOC2)C1. The van der Waals surface area contributed by atoms with Crippen LogP contribution in [0, 0.1) is 23.7 Å². The van der Waals surface area contributed by atoms with Gasteiger partial charge in [-0.15, -0.1) is 0 Å². The molecule has 1 heterocycles. The Balaban J connectivity index is 1.82. The van der Waals surface area contributed by atoms with Crippen molar-refractivity contribution in [1.29, 1.82) is 0 Å². The molecule has 1 saturated heterocycles. The summed E-state index contributed by atoms with van der Waals surface area (Å²) < 4.78 is 5.37. The van der Waals surface area contributed by atoms with Crippen LogP contribution in [0.1, 0.15) is 32.6 Å². The van der Waals surface area contributed by atoms with E-state index in [-0.39, 0.29) is 11.8 Å². The van der Waals surface area contributed by atoms with Crippen molar-refractivity contribution < 1.29 is 19.4 Å². The number of rotatable bonds is 4. The summed E-state index contributed by atoms with van der Waals surface area (Å²) in [6.45, 7) is 4.13. The van der Waals surface area contributed by atoms with Gasteiger partial charge in [-0.2, -0.15) is 0 Å². The number of nitrogens with one attached hydrogen (secondary N) is 1. The quantitative estimate of drug-likeness (QED) is 0.806. The lowest BCUT2D eigenvalue weighted by molar-refractivity contribution is -0.146. The topological polar surface area (TPSA) is 75.6 Å². The Labute approximate surface area is 113 Å². The predicted molar refractivity (Wildman–Crippen MR) is 69.6 cm³/mol. The second-order valence-corrected chi connectivity index (χ2v) is 5.96. The van der Waals surface area contributed by atoms with E-state index < -0.39 is 11.9 Å². The minimum absolute atomic E-state index is 0.0951. The zero-order valence-corrected chi connectivity index (χ0v) is 11.4. The lowest BCUT2D eigenvalue weighted by Gasteiger charge is -2.23. The molecule has 2 N–H and O–H groups in total. The van der Waals surface area contributed by atoms with Crippen molar-refractivity contribution in [2.24, 2.45) is 23.7 Å². The van der Waals surface area contributed by atoms with E-state index in [1.807, 2.05) is 6.92 Å². The van der Waals surface area contributed by atoms with Crippen molar-refractivity contribution in [3.63, 3.8) is 0 Å². The molecular weight excluding hydrogens is 246 g/mol. The van der Waals surface area contributed by atoms with Gasteiger partial charge >= 0.3 is 5.97 Å². The van der Waals surface area contributed by atoms with Crippen LogP contribution in [0.4, 0.5) is 0 Å². The molecule has 0 spiro atoms. The average Bonchev–Trinajstić information content (AvgIpc) is 2.79. The van der Waals surface area contributed by atoms with Crippen molar-refractivity contribution in [2.45, 2.75) is 32.6 Å². The van der Waals surface area contributed by atoms with Crippen LogP contribution < -0.4 is 5.32 Å². The highest BCUT2D eigenvalue weighted by molar-refractivity contribution is 5.85. The van der Waals surface area contributed by atoms with E-state index in [1.54, 1.807) is 0 Å². The van der Waals surface area contributed by atoms with Gasteiger partial charge in [-0.3, -0.25) is 9.59 Å². The first-order valence-corrected chi connectivity index (χ1v) is 7.16. The van der Waals surface area contributed by atoms with E-state index >= 15 is 0 Å². The third-order valence-electron chi connectivity index (χ3n) is 4.27. The number of aliphatic carboxylic acids is 1. The summed E-state index contributed by atoms with van der Waals surface area (Å²) in [6, 6.07) is 0. The largest absolute Gasteiger partial charge is 0.481 e. The van der Waals surface area contributed by atoms with Crippen molar-refractivity contribution in [2.75, 3.05) is 19.8 Å². The van der Waals surface area contributed by atoms with Gasteiger partial charge in [0, 0.05) is 13.2 Å². The summed E-state index contributed by atoms with van der Waals surface area (Å²) in [5.41, 5.74) is 0. The maximum Gasteiger partial charge on any atom is 0.307 e. The van der Waals surface area contributed by atoms with Gasteiger partial charge < -0.3 is 15.2 Å². The smallest absolute Gasteiger partial charge is 0.307 e. The standard InChI is InChI=1S/C14H23NO4/c1-9-5-11(12(6-9)14(17)18)13(16)15-7-10-3-2-4-19-8-10/h9-12H,2-8H2,1H3,(H,15,16)(H,17,18). The first-order valence-electron chi connectivity index (χ1n) is 7.16. The number of carboxylic acid groups (broad SMARTS) is 1. The number of hydrogen-bond acceptors (Lipinski definition) is 3. The summed E-state index contributed by atoms with van der Waals surface area (Å²) in [5.74, 6) is -1.13. The number of carboxylic acids is 1. The van der Waals surface area contributed by atoms with E-state index in [2.05, 4.69) is 5.32 Å². The average molecular weight is 269 g/mol. The third-order valence-corrected chi connectivity index (χ3v) is 4.27. The molecule has 19 heavy (non-hydrogen) atoms. The van der Waals surface area contributed by atoms with Crippen molar-refractivity contribution in [1.82, 2.24) is 5.32 Å². The van der Waals surface area contributed by atoms with Crippen LogP contribution in [0.5, 0.6) is 0 Å². The second kappa shape index (κ2) is 6.37. The molecule has 5 heteroatoms. The van der Waals surface area contributed by atoms with E-state index in [0.717, 1.165) is 19.4 Å². The van der Waals surface area contributed by atoms with E-state index in [9.17, 15) is 9.59 Å². The molecule has 0 aromatic heterocycles. The number of carbonyl (C=O) groups is 2. The first kappa shape index (κ1) is 14.3. The van der Waals surface area contributed by atoms with E-state index in [4.69, 9.17) is 9.84 Å². The van der Waals surface area contributed by atoms with Gasteiger partial charge in [0.05, 0.1) is 18.4 Å². The lowest BCUT2D eigenvalue weighted by Crippen LogP contribution is -2.39. The molecule has 4 atom stereocenters. The van der Waals surface area contributed by atoms with Gasteiger partial charge in [0.1, 0.15) is 0 Å². The highest BCUT2D eigenvalue weighted by atomic mass is 16.5. The maximum atomic E-state index is 12.1. The lowest BCUT2D eigenvalue weighted by atomic mass is 9.95. The molecule has 2 rings (SSSR count). The summed E-state index contributed by atoms with van der Waals surface area (Å²) in [7, 11) is 0. The Morgan fingerprint density at radius 2 is 2.05 bits per heavy atom. The van der Waals surface area contributed by atoms with Gasteiger partial charge in [0.15, 0.2) is 0 Å². The monoisotopic (exact) mass is 269 g/mol. The predicted octanol–water partition coefficient (Wildman–Crippen LogP) is 1.28. The highest BCUT2D eigenvalue weighted by Gasteiger charge is 2.41. The molecule has 0 bridgehead atoms. The van der Waals surface area contributed by atoms with Crippen molar-refractivity contribution in [3.05, 3.63) is 0 Å². The molecule has 0 aromatic rings. The molecule has 0 radical (unpaired) electrons. The Hall–Kier alpha value is -1.10. The van der Waals surface area contributed by atoms with E-state index in [1.165, 1.54) is 0 Å². The first-order chi connectivity index (χ1) is 9.08. The summed E-state index contributed by atoms with van der Waals surface area (Å²) in [6.07, 6.45) is 3.41. The number of carbonyl (C=O) groups excluding carboxylic acids is 1. The van der Waals surface area contributed by atoms with Crippen LogP contribution in [0.2, 0.25) is 0 Å². The third kappa shape index (κ3) is 3.69. The van der Waals surface area contributed by atoms with Crippen LogP contribution in [-0.4, -0.2) is 36.7 Å². The fourth-order valence-corrected chi connectivity index (χ4v) is 3.20. The van der Waals surface area contributed by atoms with Crippen molar-refractivity contribution in [3.8, 4) is 0 Å². The van der Waals surface area contributed by atoms with Crippen LogP contribution >= 0.6 is 0 Å². The zero-order valence-electron chi connectivity index (χ0n) is 11.4. The van der Waals surface area contributed by atoms with Crippen LogP contribution in [0.25, 0.3) is 0 Å². The minimum Gasteiger partial charge on any atom is -0.481 e. The van der Waals surface area contributed by atoms with Gasteiger partial charge in [0.2, 0.25) is 5.91 Å². The zero-order chi connectivity index (χ0) is 13.8. The molecular formula is C14H23NO4. The molecule has 4 unspecified atom stereocenters. The Kier molecular flexibility index (Phi) is 4.80. The second-order valence-electron chi connectivity index (χ2n) is 5.96. The van der Waals surface area contributed by atoms with Gasteiger partial charge in [-0.05, 0) is 37.5 Å². The summed E-state index contributed by atoms with van der Waals surface area (Å²) >= 11 is 0. The summed E-state index contributed by atoms with van der Waals surface area (Å²) in [5, 5.41) is 12.1. The number of ether oxygens (including phenoxy) is 1. The molecule has 5 nitrogen and oxygen atoms in total. The minimum atomic E-state index is -0.842. The Morgan fingerprint density at radius 3 is 2.68 bits per heavy atom.